The molecule has 1 aliphatic rings. The van der Waals surface area contributed by atoms with Gasteiger partial charge in [-0.2, -0.15) is 17.9 Å². The van der Waals surface area contributed by atoms with Crippen LogP contribution in [0.3, 0.4) is 0 Å². The molecule has 1 aromatic carbocycles. The first-order valence-corrected chi connectivity index (χ1v) is 7.76. The third kappa shape index (κ3) is 3.59. The van der Waals surface area contributed by atoms with Crippen LogP contribution in [0.4, 0.5) is 13.2 Å². The number of carboxylic acids is 1. The highest BCUT2D eigenvalue weighted by molar-refractivity contribution is 6.30. The van der Waals surface area contributed by atoms with Crippen molar-refractivity contribution in [2.24, 2.45) is 0 Å². The number of tetrazole rings is 1. The largest absolute Gasteiger partial charge is 0.480 e. The molecule has 1 N–H and O–H groups in total. The number of hydrogen-bond acceptors (Lipinski definition) is 5. The maximum Gasteiger partial charge on any atom is 0.418 e. The van der Waals surface area contributed by atoms with Gasteiger partial charge in [0.05, 0.1) is 17.8 Å². The highest BCUT2D eigenvalue weighted by atomic mass is 35.5. The lowest BCUT2D eigenvalue weighted by molar-refractivity contribution is -0.142. The van der Waals surface area contributed by atoms with Gasteiger partial charge in [-0.15, -0.1) is 5.10 Å². The van der Waals surface area contributed by atoms with Crippen molar-refractivity contribution in [2.45, 2.75) is 31.6 Å². The zero-order valence-electron chi connectivity index (χ0n) is 12.7. The first-order valence-electron chi connectivity index (χ1n) is 7.38. The Bertz CT molecular complexity index is 795. The second kappa shape index (κ2) is 6.60. The van der Waals surface area contributed by atoms with Crippen LogP contribution in [0.2, 0.25) is 5.02 Å². The Labute approximate surface area is 145 Å². The zero-order valence-corrected chi connectivity index (χ0v) is 13.5. The number of likely N-dealkylation sites (tertiary alicyclic amines) is 1. The highest BCUT2D eigenvalue weighted by Gasteiger charge is 2.36. The number of rotatable bonds is 4. The Kier molecular flexibility index (Phi) is 4.65. The van der Waals surface area contributed by atoms with Crippen LogP contribution < -0.4 is 0 Å². The molecule has 11 heteroatoms. The van der Waals surface area contributed by atoms with E-state index in [4.69, 9.17) is 11.6 Å². The Hall–Kier alpha value is -2.20. The average Bonchev–Trinajstić information content (AvgIpc) is 3.16. The quantitative estimate of drug-likeness (QED) is 0.883. The molecular formula is C14H13ClF3N5O2. The Balaban J connectivity index is 1.97. The molecule has 0 aliphatic carbocycles. The Morgan fingerprint density at radius 1 is 1.40 bits per heavy atom. The molecule has 1 saturated heterocycles. The van der Waals surface area contributed by atoms with Gasteiger partial charge < -0.3 is 5.11 Å². The van der Waals surface area contributed by atoms with Crippen molar-refractivity contribution in [3.63, 3.8) is 0 Å². The van der Waals surface area contributed by atoms with Crippen molar-refractivity contribution < 1.29 is 23.1 Å². The molecule has 2 aromatic rings. The van der Waals surface area contributed by atoms with Crippen LogP contribution >= 0.6 is 11.6 Å². The maximum atomic E-state index is 13.3. The number of benzene rings is 1. The van der Waals surface area contributed by atoms with Gasteiger partial charge in [-0.05, 0) is 48.0 Å². The van der Waals surface area contributed by atoms with Crippen molar-refractivity contribution in [3.05, 3.63) is 34.6 Å². The summed E-state index contributed by atoms with van der Waals surface area (Å²) in [6, 6.07) is 2.60. The van der Waals surface area contributed by atoms with Crippen molar-refractivity contribution >= 4 is 17.6 Å². The van der Waals surface area contributed by atoms with E-state index in [1.165, 1.54) is 12.1 Å². The van der Waals surface area contributed by atoms with Crippen LogP contribution in [0.1, 0.15) is 24.2 Å². The summed E-state index contributed by atoms with van der Waals surface area (Å²) < 4.78 is 40.9. The third-order valence-corrected chi connectivity index (χ3v) is 4.25. The standard InChI is InChI=1S/C14H13ClF3N5O2/c15-8-3-4-10(9(6-8)14(16,17)18)23-12(19-20-21-23)7-22-5-1-2-11(22)13(24)25/h3-4,6,11H,1-2,5,7H2,(H,24,25)/t11-/m0/s1. The molecule has 0 spiro atoms. The predicted octanol–water partition coefficient (Wildman–Crippen LogP) is 2.38. The van der Waals surface area contributed by atoms with E-state index in [-0.39, 0.29) is 23.1 Å². The normalized spacial score (nSPS) is 18.6. The summed E-state index contributed by atoms with van der Waals surface area (Å²) in [6.45, 7) is 0.542. The van der Waals surface area contributed by atoms with Gasteiger partial charge in [0.1, 0.15) is 6.04 Å². The molecule has 0 unspecified atom stereocenters. The molecule has 1 aromatic heterocycles. The van der Waals surface area contributed by atoms with Crippen LogP contribution in [0.5, 0.6) is 0 Å². The Morgan fingerprint density at radius 2 is 2.16 bits per heavy atom. The summed E-state index contributed by atoms with van der Waals surface area (Å²) in [4.78, 5) is 12.9. The number of nitrogens with zero attached hydrogens (tertiary/aromatic N) is 5. The van der Waals surface area contributed by atoms with Crippen molar-refractivity contribution in [1.82, 2.24) is 25.1 Å². The highest BCUT2D eigenvalue weighted by Crippen LogP contribution is 2.35. The topological polar surface area (TPSA) is 84.1 Å². The van der Waals surface area contributed by atoms with E-state index >= 15 is 0 Å². The fourth-order valence-electron chi connectivity index (χ4n) is 2.89. The molecule has 1 atom stereocenters. The zero-order chi connectivity index (χ0) is 18.2. The van der Waals surface area contributed by atoms with Gasteiger partial charge in [0.2, 0.25) is 0 Å². The summed E-state index contributed by atoms with van der Waals surface area (Å²) in [5.74, 6) is -0.847. The van der Waals surface area contributed by atoms with E-state index in [1.807, 2.05) is 0 Å². The SMILES string of the molecule is O=C(O)[C@@H]1CCCN1Cc1nnnn1-c1ccc(Cl)cc1C(F)(F)F. The second-order valence-corrected chi connectivity index (χ2v) is 6.07. The molecule has 7 nitrogen and oxygen atoms in total. The fraction of sp³-hybridized carbons (Fsp3) is 0.429. The molecular weight excluding hydrogens is 363 g/mol. The number of aromatic nitrogens is 4. The minimum atomic E-state index is -4.64. The molecule has 0 radical (unpaired) electrons. The summed E-state index contributed by atoms with van der Waals surface area (Å²) >= 11 is 5.68. The van der Waals surface area contributed by atoms with E-state index in [0.717, 1.165) is 10.7 Å². The first-order chi connectivity index (χ1) is 11.8. The smallest absolute Gasteiger partial charge is 0.418 e. The van der Waals surface area contributed by atoms with Crippen LogP contribution in [0.15, 0.2) is 18.2 Å². The Morgan fingerprint density at radius 3 is 2.84 bits per heavy atom. The van der Waals surface area contributed by atoms with Gasteiger partial charge in [-0.3, -0.25) is 9.69 Å². The predicted molar refractivity (Wildman–Crippen MR) is 80.2 cm³/mol. The fourth-order valence-corrected chi connectivity index (χ4v) is 3.06. The number of carboxylic acid groups (broad SMARTS) is 1. The van der Waals surface area contributed by atoms with Gasteiger partial charge >= 0.3 is 12.1 Å². The van der Waals surface area contributed by atoms with E-state index in [2.05, 4.69) is 15.5 Å². The second-order valence-electron chi connectivity index (χ2n) is 5.63. The summed E-state index contributed by atoms with van der Waals surface area (Å²) in [7, 11) is 0. The van der Waals surface area contributed by atoms with Gasteiger partial charge in [-0.25, -0.2) is 0 Å². The molecule has 3 rings (SSSR count). The summed E-state index contributed by atoms with van der Waals surface area (Å²) in [6.07, 6.45) is -3.47. The van der Waals surface area contributed by atoms with E-state index in [1.54, 1.807) is 4.90 Å². The first kappa shape index (κ1) is 17.6. The average molecular weight is 376 g/mol. The summed E-state index contributed by atoms with van der Waals surface area (Å²) in [5, 5.41) is 20.0. The lowest BCUT2D eigenvalue weighted by atomic mass is 10.1. The molecule has 25 heavy (non-hydrogen) atoms. The van der Waals surface area contributed by atoms with Gasteiger partial charge in [0.15, 0.2) is 5.82 Å². The van der Waals surface area contributed by atoms with Crippen molar-refractivity contribution in [3.8, 4) is 5.69 Å². The van der Waals surface area contributed by atoms with E-state index < -0.39 is 23.8 Å². The van der Waals surface area contributed by atoms with Crippen LogP contribution in [-0.4, -0.2) is 48.8 Å². The number of carbonyl (C=O) groups is 1. The molecule has 1 fully saturated rings. The van der Waals surface area contributed by atoms with E-state index in [9.17, 15) is 23.1 Å². The molecule has 0 bridgehead atoms. The number of hydrogen-bond donors (Lipinski definition) is 1. The molecule has 0 saturated carbocycles. The minimum absolute atomic E-state index is 0.0316. The number of alkyl halides is 3. The van der Waals surface area contributed by atoms with Crippen molar-refractivity contribution in [1.29, 1.82) is 0 Å². The minimum Gasteiger partial charge on any atom is -0.480 e. The lowest BCUT2D eigenvalue weighted by Crippen LogP contribution is -2.36. The van der Waals surface area contributed by atoms with E-state index in [0.29, 0.717) is 19.4 Å². The number of aliphatic carboxylic acids is 1. The monoisotopic (exact) mass is 375 g/mol. The molecule has 0 amide bonds. The molecule has 2 heterocycles. The number of halogens is 4. The van der Waals surface area contributed by atoms with Gasteiger partial charge in [0, 0.05) is 5.02 Å². The van der Waals surface area contributed by atoms with Crippen molar-refractivity contribution in [2.75, 3.05) is 6.54 Å². The maximum absolute atomic E-state index is 13.3. The van der Waals surface area contributed by atoms with Gasteiger partial charge in [-0.1, -0.05) is 11.6 Å². The van der Waals surface area contributed by atoms with Crippen LogP contribution in [0.25, 0.3) is 5.69 Å². The van der Waals surface area contributed by atoms with Gasteiger partial charge in [0.25, 0.3) is 0 Å². The molecule has 1 aliphatic heterocycles. The summed E-state index contributed by atoms with van der Waals surface area (Å²) in [5.41, 5.74) is -1.23. The third-order valence-electron chi connectivity index (χ3n) is 4.02. The lowest BCUT2D eigenvalue weighted by Gasteiger charge is -2.20. The van der Waals surface area contributed by atoms with Crippen LogP contribution in [-0.2, 0) is 17.5 Å². The van der Waals surface area contributed by atoms with Crippen LogP contribution in [0, 0.1) is 0 Å². The molecule has 134 valence electrons.